The van der Waals surface area contributed by atoms with Crippen LogP contribution in [0.25, 0.3) is 31.2 Å². The van der Waals surface area contributed by atoms with Crippen LogP contribution in [0.4, 0.5) is 5.13 Å². The molecule has 3 heterocycles. The monoisotopic (exact) mass is 404 g/mol. The van der Waals surface area contributed by atoms with Gasteiger partial charge in [0.25, 0.3) is 5.91 Å². The first-order valence-electron chi connectivity index (χ1n) is 8.85. The van der Waals surface area contributed by atoms with Crippen molar-refractivity contribution in [3.8, 4) is 0 Å². The highest BCUT2D eigenvalue weighted by molar-refractivity contribution is 7.23. The molecule has 0 unspecified atom stereocenters. The van der Waals surface area contributed by atoms with Gasteiger partial charge in [-0.25, -0.2) is 15.0 Å². The lowest BCUT2D eigenvalue weighted by molar-refractivity contribution is 0.103. The number of nitrogens with zero attached hydrogens (tertiary/aromatic N) is 3. The summed E-state index contributed by atoms with van der Waals surface area (Å²) in [5, 5.41) is 6.79. The Bertz CT molecular complexity index is 1400. The number of thiophene rings is 1. The van der Waals surface area contributed by atoms with E-state index in [0.29, 0.717) is 10.0 Å². The lowest BCUT2D eigenvalue weighted by Crippen LogP contribution is -2.11. The second kappa shape index (κ2) is 6.32. The average molecular weight is 405 g/mol. The van der Waals surface area contributed by atoms with Crippen molar-refractivity contribution >= 4 is 64.9 Å². The standard InChI is InChI=1S/C21H16N4OS2/c1-10-16-11(2)22-12(3)23-20(16)28-18(10)19(26)25-21-24-17-14-7-5-4-6-13(14)8-9-15(17)27-21/h4-9H,1-3H3,(H,24,25,26). The number of carbonyl (C=O) groups is 1. The minimum Gasteiger partial charge on any atom is -0.297 e. The Balaban J connectivity index is 1.55. The third-order valence-electron chi connectivity index (χ3n) is 4.79. The van der Waals surface area contributed by atoms with Crippen LogP contribution in [0, 0.1) is 20.8 Å². The van der Waals surface area contributed by atoms with Crippen LogP contribution < -0.4 is 5.32 Å². The van der Waals surface area contributed by atoms with Gasteiger partial charge in [0.05, 0.1) is 15.1 Å². The maximum absolute atomic E-state index is 13.0. The maximum atomic E-state index is 13.0. The largest absolute Gasteiger partial charge is 0.297 e. The molecule has 0 radical (unpaired) electrons. The van der Waals surface area contributed by atoms with Crippen LogP contribution in [0.3, 0.4) is 0 Å². The van der Waals surface area contributed by atoms with Gasteiger partial charge in [0.15, 0.2) is 5.13 Å². The number of amides is 1. The van der Waals surface area contributed by atoms with Crippen LogP contribution in [0.5, 0.6) is 0 Å². The summed E-state index contributed by atoms with van der Waals surface area (Å²) in [5.41, 5.74) is 2.74. The molecule has 28 heavy (non-hydrogen) atoms. The molecule has 1 amide bonds. The van der Waals surface area contributed by atoms with E-state index in [0.717, 1.165) is 48.3 Å². The van der Waals surface area contributed by atoms with Gasteiger partial charge >= 0.3 is 0 Å². The predicted molar refractivity (Wildman–Crippen MR) is 117 cm³/mol. The van der Waals surface area contributed by atoms with Crippen molar-refractivity contribution < 1.29 is 4.79 Å². The first kappa shape index (κ1) is 17.2. The van der Waals surface area contributed by atoms with Gasteiger partial charge in [0.2, 0.25) is 0 Å². The minimum absolute atomic E-state index is 0.152. The molecule has 0 fully saturated rings. The molecular weight excluding hydrogens is 388 g/mol. The van der Waals surface area contributed by atoms with Crippen molar-refractivity contribution in [2.45, 2.75) is 20.8 Å². The quantitative estimate of drug-likeness (QED) is 0.414. The number of hydrogen-bond acceptors (Lipinski definition) is 6. The Hall–Kier alpha value is -2.90. The number of thiazole rings is 1. The molecule has 0 aliphatic carbocycles. The SMILES string of the molecule is Cc1nc(C)c2c(C)c(C(=O)Nc3nc4c(ccc5ccccc54)s3)sc2n1. The van der Waals surface area contributed by atoms with E-state index in [1.807, 2.05) is 32.9 Å². The van der Waals surface area contributed by atoms with E-state index in [9.17, 15) is 4.79 Å². The Morgan fingerprint density at radius 3 is 2.64 bits per heavy atom. The first-order chi connectivity index (χ1) is 13.5. The molecule has 0 saturated carbocycles. The number of carbonyl (C=O) groups excluding carboxylic acids is 1. The number of aromatic nitrogens is 3. The molecule has 7 heteroatoms. The zero-order chi connectivity index (χ0) is 19.4. The van der Waals surface area contributed by atoms with Crippen LogP contribution in [0.1, 0.15) is 26.8 Å². The van der Waals surface area contributed by atoms with Gasteiger partial charge in [-0.15, -0.1) is 11.3 Å². The highest BCUT2D eigenvalue weighted by Crippen LogP contribution is 2.34. The molecule has 138 valence electrons. The number of fused-ring (bicyclic) bond motifs is 4. The highest BCUT2D eigenvalue weighted by Gasteiger charge is 2.20. The molecule has 2 aromatic carbocycles. The molecule has 0 bridgehead atoms. The zero-order valence-corrected chi connectivity index (χ0v) is 17.2. The molecular formula is C21H16N4OS2. The van der Waals surface area contributed by atoms with E-state index in [4.69, 9.17) is 0 Å². The first-order valence-corrected chi connectivity index (χ1v) is 10.5. The molecule has 0 aliphatic heterocycles. The molecule has 0 saturated heterocycles. The van der Waals surface area contributed by atoms with Crippen LogP contribution in [-0.2, 0) is 0 Å². The summed E-state index contributed by atoms with van der Waals surface area (Å²) in [4.78, 5) is 28.1. The number of rotatable bonds is 2. The Kier molecular flexibility index (Phi) is 3.89. The molecule has 5 rings (SSSR count). The zero-order valence-electron chi connectivity index (χ0n) is 15.5. The van der Waals surface area contributed by atoms with Crippen LogP contribution in [0.2, 0.25) is 0 Å². The molecule has 5 aromatic rings. The Morgan fingerprint density at radius 1 is 0.964 bits per heavy atom. The summed E-state index contributed by atoms with van der Waals surface area (Å²) in [7, 11) is 0. The second-order valence-corrected chi connectivity index (χ2v) is 8.73. The number of benzene rings is 2. The fourth-order valence-corrected chi connectivity index (χ4v) is 5.61. The lowest BCUT2D eigenvalue weighted by Gasteiger charge is -2.01. The van der Waals surface area contributed by atoms with Gasteiger partial charge < -0.3 is 0 Å². The van der Waals surface area contributed by atoms with Crippen molar-refractivity contribution in [1.82, 2.24) is 15.0 Å². The second-order valence-electron chi connectivity index (χ2n) is 6.70. The summed E-state index contributed by atoms with van der Waals surface area (Å²) in [5.74, 6) is 0.567. The van der Waals surface area contributed by atoms with Gasteiger partial charge in [-0.2, -0.15) is 0 Å². The molecule has 0 atom stereocenters. The van der Waals surface area contributed by atoms with Gasteiger partial charge in [-0.3, -0.25) is 10.1 Å². The van der Waals surface area contributed by atoms with Gasteiger partial charge in [-0.05, 0) is 37.8 Å². The summed E-state index contributed by atoms with van der Waals surface area (Å²) < 4.78 is 1.05. The van der Waals surface area contributed by atoms with Crippen molar-refractivity contribution in [3.63, 3.8) is 0 Å². The van der Waals surface area contributed by atoms with Crippen LogP contribution in [0.15, 0.2) is 36.4 Å². The molecule has 0 aliphatic rings. The molecule has 3 aromatic heterocycles. The number of aryl methyl sites for hydroxylation is 3. The van der Waals surface area contributed by atoms with Gasteiger partial charge in [-0.1, -0.05) is 41.7 Å². The molecule has 1 N–H and O–H groups in total. The Morgan fingerprint density at radius 2 is 1.79 bits per heavy atom. The smallest absolute Gasteiger partial charge is 0.267 e. The van der Waals surface area contributed by atoms with E-state index < -0.39 is 0 Å². The van der Waals surface area contributed by atoms with Crippen molar-refractivity contribution in [2.75, 3.05) is 5.32 Å². The third-order valence-corrected chi connectivity index (χ3v) is 6.91. The fourth-order valence-electron chi connectivity index (χ4n) is 3.56. The number of anilines is 1. The number of nitrogens with one attached hydrogen (secondary N) is 1. The summed E-state index contributed by atoms with van der Waals surface area (Å²) in [6, 6.07) is 12.3. The molecule has 0 spiro atoms. The van der Waals surface area contributed by atoms with E-state index >= 15 is 0 Å². The van der Waals surface area contributed by atoms with Gasteiger partial charge in [0.1, 0.15) is 10.7 Å². The van der Waals surface area contributed by atoms with Crippen molar-refractivity contribution in [2.24, 2.45) is 0 Å². The van der Waals surface area contributed by atoms with Crippen LogP contribution in [-0.4, -0.2) is 20.9 Å². The summed E-state index contributed by atoms with van der Waals surface area (Å²) >= 11 is 2.89. The summed E-state index contributed by atoms with van der Waals surface area (Å²) in [6.07, 6.45) is 0. The van der Waals surface area contributed by atoms with E-state index in [1.54, 1.807) is 0 Å². The normalized spacial score (nSPS) is 11.5. The predicted octanol–water partition coefficient (Wildman–Crippen LogP) is 5.63. The average Bonchev–Trinajstić information content (AvgIpc) is 3.22. The maximum Gasteiger partial charge on any atom is 0.267 e. The van der Waals surface area contributed by atoms with Crippen molar-refractivity contribution in [1.29, 1.82) is 0 Å². The highest BCUT2D eigenvalue weighted by atomic mass is 32.1. The van der Waals surface area contributed by atoms with E-state index in [1.165, 1.54) is 22.7 Å². The molecule has 5 nitrogen and oxygen atoms in total. The Labute approximate surface area is 169 Å². The van der Waals surface area contributed by atoms with Gasteiger partial charge in [0, 0.05) is 16.5 Å². The van der Waals surface area contributed by atoms with Crippen LogP contribution >= 0.6 is 22.7 Å². The van der Waals surface area contributed by atoms with E-state index in [-0.39, 0.29) is 5.91 Å². The topological polar surface area (TPSA) is 67.8 Å². The lowest BCUT2D eigenvalue weighted by atomic mass is 10.1. The summed E-state index contributed by atoms with van der Waals surface area (Å²) in [6.45, 7) is 5.77. The number of hydrogen-bond donors (Lipinski definition) is 1. The fraction of sp³-hybridized carbons (Fsp3) is 0.143. The van der Waals surface area contributed by atoms with E-state index in [2.05, 4.69) is 44.5 Å². The van der Waals surface area contributed by atoms with Crippen molar-refractivity contribution in [3.05, 3.63) is 58.4 Å². The third kappa shape index (κ3) is 2.66. The minimum atomic E-state index is -0.152.